The van der Waals surface area contributed by atoms with Crippen molar-refractivity contribution in [3.63, 3.8) is 0 Å². The van der Waals surface area contributed by atoms with Gasteiger partial charge in [0.05, 0.1) is 0 Å². The molecule has 0 saturated heterocycles. The van der Waals surface area contributed by atoms with Crippen LogP contribution in [0.25, 0.3) is 0 Å². The van der Waals surface area contributed by atoms with Gasteiger partial charge >= 0.3 is 11.9 Å². The molecule has 0 aliphatic heterocycles. The predicted molar refractivity (Wildman–Crippen MR) is 96.3 cm³/mol. The second kappa shape index (κ2) is 8.29. The Morgan fingerprint density at radius 2 is 1.62 bits per heavy atom. The molecule has 136 valence electrons. The van der Waals surface area contributed by atoms with Crippen molar-refractivity contribution in [1.82, 2.24) is 5.32 Å². The first kappa shape index (κ1) is 19.2. The number of benzene rings is 2. The second-order valence-electron chi connectivity index (χ2n) is 6.06. The van der Waals surface area contributed by atoms with Crippen molar-refractivity contribution in [2.45, 2.75) is 33.2 Å². The maximum atomic E-state index is 12.4. The Hall–Kier alpha value is -3.15. The van der Waals surface area contributed by atoms with Gasteiger partial charge < -0.3 is 15.2 Å². The maximum Gasteiger partial charge on any atom is 0.326 e. The Morgan fingerprint density at radius 3 is 2.12 bits per heavy atom. The van der Waals surface area contributed by atoms with Crippen LogP contribution in [0.5, 0.6) is 5.75 Å². The molecule has 2 aromatic rings. The van der Waals surface area contributed by atoms with Crippen LogP contribution in [0.4, 0.5) is 0 Å². The van der Waals surface area contributed by atoms with Gasteiger partial charge in [-0.3, -0.25) is 9.59 Å². The Labute approximate surface area is 151 Å². The number of hydrogen-bond donors (Lipinski definition) is 2. The highest BCUT2D eigenvalue weighted by Gasteiger charge is 2.22. The van der Waals surface area contributed by atoms with Crippen LogP contribution >= 0.6 is 0 Å². The van der Waals surface area contributed by atoms with Crippen LogP contribution in [-0.2, 0) is 16.0 Å². The van der Waals surface area contributed by atoms with Crippen LogP contribution in [0.3, 0.4) is 0 Å². The standard InChI is InChI=1S/C20H21NO5/c1-12-5-4-6-13(2)17(12)11-18(20(24)25)21-19(23)15-7-9-16(10-8-15)26-14(3)22/h4-10,18H,11H2,1-3H3,(H,21,23)(H,24,25)/t18-/m1/s1. The van der Waals surface area contributed by atoms with Crippen molar-refractivity contribution in [3.05, 3.63) is 64.7 Å². The van der Waals surface area contributed by atoms with Crippen molar-refractivity contribution in [2.24, 2.45) is 0 Å². The van der Waals surface area contributed by atoms with E-state index in [4.69, 9.17) is 4.74 Å². The van der Waals surface area contributed by atoms with Crippen molar-refractivity contribution in [3.8, 4) is 5.75 Å². The molecule has 2 aromatic carbocycles. The molecule has 0 aliphatic carbocycles. The normalized spacial score (nSPS) is 11.5. The number of carboxylic acid groups (broad SMARTS) is 1. The SMILES string of the molecule is CC(=O)Oc1ccc(C(=O)N[C@H](Cc2c(C)cccc2C)C(=O)O)cc1. The lowest BCUT2D eigenvalue weighted by molar-refractivity contribution is -0.139. The topological polar surface area (TPSA) is 92.7 Å². The highest BCUT2D eigenvalue weighted by Crippen LogP contribution is 2.16. The molecule has 1 atom stereocenters. The quantitative estimate of drug-likeness (QED) is 0.614. The summed E-state index contributed by atoms with van der Waals surface area (Å²) in [7, 11) is 0. The largest absolute Gasteiger partial charge is 0.480 e. The van der Waals surface area contributed by atoms with E-state index in [1.165, 1.54) is 31.2 Å². The van der Waals surface area contributed by atoms with Crippen LogP contribution < -0.4 is 10.1 Å². The van der Waals surface area contributed by atoms with Crippen LogP contribution in [-0.4, -0.2) is 29.0 Å². The van der Waals surface area contributed by atoms with E-state index in [-0.39, 0.29) is 12.0 Å². The molecule has 0 aromatic heterocycles. The van der Waals surface area contributed by atoms with E-state index in [2.05, 4.69) is 5.32 Å². The third-order valence-corrected chi connectivity index (χ3v) is 4.03. The number of carboxylic acids is 1. The Balaban J connectivity index is 2.13. The molecule has 0 saturated carbocycles. The number of nitrogens with one attached hydrogen (secondary N) is 1. The molecule has 2 rings (SSSR count). The molecule has 2 N–H and O–H groups in total. The average molecular weight is 355 g/mol. The van der Waals surface area contributed by atoms with Crippen LogP contribution in [0.1, 0.15) is 34.0 Å². The minimum Gasteiger partial charge on any atom is -0.480 e. The van der Waals surface area contributed by atoms with Gasteiger partial charge in [-0.05, 0) is 54.8 Å². The third kappa shape index (κ3) is 4.92. The van der Waals surface area contributed by atoms with Gasteiger partial charge in [-0.25, -0.2) is 4.79 Å². The summed E-state index contributed by atoms with van der Waals surface area (Å²) in [6, 6.07) is 10.6. The van der Waals surface area contributed by atoms with Crippen molar-refractivity contribution < 1.29 is 24.2 Å². The van der Waals surface area contributed by atoms with Gasteiger partial charge in [-0.1, -0.05) is 18.2 Å². The molecule has 0 heterocycles. The fourth-order valence-corrected chi connectivity index (χ4v) is 2.66. The summed E-state index contributed by atoms with van der Waals surface area (Å²) < 4.78 is 4.91. The molecule has 0 radical (unpaired) electrons. The minimum absolute atomic E-state index is 0.200. The lowest BCUT2D eigenvalue weighted by Crippen LogP contribution is -2.42. The predicted octanol–water partition coefficient (Wildman–Crippen LogP) is 2.65. The van der Waals surface area contributed by atoms with E-state index in [0.717, 1.165) is 16.7 Å². The van der Waals surface area contributed by atoms with Gasteiger partial charge in [0.2, 0.25) is 0 Å². The van der Waals surface area contributed by atoms with Crippen molar-refractivity contribution in [2.75, 3.05) is 0 Å². The first-order valence-electron chi connectivity index (χ1n) is 8.15. The van der Waals surface area contributed by atoms with Crippen molar-refractivity contribution in [1.29, 1.82) is 0 Å². The van der Waals surface area contributed by atoms with Gasteiger partial charge in [0, 0.05) is 18.9 Å². The van der Waals surface area contributed by atoms with E-state index in [9.17, 15) is 19.5 Å². The van der Waals surface area contributed by atoms with Gasteiger partial charge in [-0.2, -0.15) is 0 Å². The monoisotopic (exact) mass is 355 g/mol. The van der Waals surface area contributed by atoms with E-state index in [0.29, 0.717) is 5.75 Å². The number of rotatable bonds is 6. The van der Waals surface area contributed by atoms with Crippen molar-refractivity contribution >= 4 is 17.8 Å². The van der Waals surface area contributed by atoms with E-state index in [1.807, 2.05) is 32.0 Å². The number of aliphatic carboxylic acids is 1. The van der Waals surface area contributed by atoms with E-state index >= 15 is 0 Å². The highest BCUT2D eigenvalue weighted by molar-refractivity contribution is 5.96. The number of carbonyl (C=O) groups is 3. The summed E-state index contributed by atoms with van der Waals surface area (Å²) in [5.41, 5.74) is 3.16. The summed E-state index contributed by atoms with van der Waals surface area (Å²) in [5.74, 6) is -1.74. The third-order valence-electron chi connectivity index (χ3n) is 4.03. The van der Waals surface area contributed by atoms with Crippen LogP contribution in [0, 0.1) is 13.8 Å². The molecule has 26 heavy (non-hydrogen) atoms. The summed E-state index contributed by atoms with van der Waals surface area (Å²) in [4.78, 5) is 34.9. The number of hydrogen-bond acceptors (Lipinski definition) is 4. The molecular weight excluding hydrogens is 334 g/mol. The molecule has 6 nitrogen and oxygen atoms in total. The maximum absolute atomic E-state index is 12.4. The summed E-state index contributed by atoms with van der Waals surface area (Å²) in [6.45, 7) is 5.11. The van der Waals surface area contributed by atoms with Gasteiger partial charge in [-0.15, -0.1) is 0 Å². The number of carbonyl (C=O) groups excluding carboxylic acids is 2. The van der Waals surface area contributed by atoms with Crippen LogP contribution in [0.15, 0.2) is 42.5 Å². The molecule has 0 spiro atoms. The zero-order chi connectivity index (χ0) is 19.3. The Bertz CT molecular complexity index is 806. The van der Waals surface area contributed by atoms with Gasteiger partial charge in [0.15, 0.2) is 0 Å². The molecule has 0 fully saturated rings. The fourth-order valence-electron chi connectivity index (χ4n) is 2.66. The van der Waals surface area contributed by atoms with E-state index < -0.39 is 23.9 Å². The number of amides is 1. The molecule has 0 unspecified atom stereocenters. The first-order valence-corrected chi connectivity index (χ1v) is 8.15. The Morgan fingerprint density at radius 1 is 1.04 bits per heavy atom. The zero-order valence-electron chi connectivity index (χ0n) is 14.9. The lowest BCUT2D eigenvalue weighted by Gasteiger charge is -2.17. The molecule has 0 bridgehead atoms. The Kier molecular flexibility index (Phi) is 6.11. The highest BCUT2D eigenvalue weighted by atomic mass is 16.5. The first-order chi connectivity index (χ1) is 12.3. The second-order valence-corrected chi connectivity index (χ2v) is 6.06. The van der Waals surface area contributed by atoms with E-state index in [1.54, 1.807) is 0 Å². The molecule has 6 heteroatoms. The summed E-state index contributed by atoms with van der Waals surface area (Å²) in [6.07, 6.45) is 0.200. The summed E-state index contributed by atoms with van der Waals surface area (Å²) >= 11 is 0. The number of ether oxygens (including phenoxy) is 1. The van der Waals surface area contributed by atoms with Gasteiger partial charge in [0.1, 0.15) is 11.8 Å². The van der Waals surface area contributed by atoms with Crippen LogP contribution in [0.2, 0.25) is 0 Å². The minimum atomic E-state index is -1.10. The lowest BCUT2D eigenvalue weighted by atomic mass is 9.96. The zero-order valence-corrected chi connectivity index (χ0v) is 14.9. The summed E-state index contributed by atoms with van der Waals surface area (Å²) in [5, 5.41) is 12.0. The number of aryl methyl sites for hydroxylation is 2. The fraction of sp³-hybridized carbons (Fsp3) is 0.250. The molecule has 0 aliphatic rings. The number of esters is 1. The smallest absolute Gasteiger partial charge is 0.326 e. The molecule has 1 amide bonds. The van der Waals surface area contributed by atoms with Gasteiger partial charge in [0.25, 0.3) is 5.91 Å². The molecular formula is C20H21NO5. The average Bonchev–Trinajstić information content (AvgIpc) is 2.57.